The first-order valence-electron chi connectivity index (χ1n) is 10.4. The fourth-order valence-electron chi connectivity index (χ4n) is 4.07. The lowest BCUT2D eigenvalue weighted by molar-refractivity contribution is -0.114. The van der Waals surface area contributed by atoms with E-state index in [9.17, 15) is 14.0 Å². The van der Waals surface area contributed by atoms with Gasteiger partial charge in [-0.25, -0.2) is 19.3 Å². The van der Waals surface area contributed by atoms with E-state index in [4.69, 9.17) is 0 Å². The summed E-state index contributed by atoms with van der Waals surface area (Å²) >= 11 is 0. The first-order chi connectivity index (χ1) is 15.4. The molecule has 0 spiro atoms. The van der Waals surface area contributed by atoms with Gasteiger partial charge in [0.1, 0.15) is 11.5 Å². The van der Waals surface area contributed by atoms with Gasteiger partial charge in [0.25, 0.3) is 11.7 Å². The van der Waals surface area contributed by atoms with E-state index in [-0.39, 0.29) is 30.1 Å². The van der Waals surface area contributed by atoms with Crippen molar-refractivity contribution >= 4 is 41.6 Å². The first kappa shape index (κ1) is 22.8. The normalized spacial score (nSPS) is 14.7. The van der Waals surface area contributed by atoms with Gasteiger partial charge in [-0.05, 0) is 37.6 Å². The molecule has 1 amide bonds. The minimum Gasteiger partial charge on any atom is -0.312 e. The van der Waals surface area contributed by atoms with Gasteiger partial charge >= 0.3 is 0 Å². The van der Waals surface area contributed by atoms with Crippen molar-refractivity contribution in [2.75, 3.05) is 16.8 Å². The zero-order valence-electron chi connectivity index (χ0n) is 18.1. The summed E-state index contributed by atoms with van der Waals surface area (Å²) in [5.41, 5.74) is 3.46. The molecule has 2 aromatic heterocycles. The number of nitrogens with one attached hydrogen (secondary N) is 2. The number of pyridine rings is 1. The molecule has 3 aromatic rings. The first-order valence-corrected chi connectivity index (χ1v) is 10.4. The Morgan fingerprint density at radius 2 is 1.97 bits per heavy atom. The zero-order chi connectivity index (χ0) is 22.4. The average molecular weight is 469 g/mol. The maximum Gasteiger partial charge on any atom is 0.299 e. The lowest BCUT2D eigenvalue weighted by atomic mass is 10.1. The number of Topliss-reactive ketones (excluding diaryl/α,β-unsaturated/α-hetero) is 1. The summed E-state index contributed by atoms with van der Waals surface area (Å²) < 4.78 is 14.7. The van der Waals surface area contributed by atoms with Gasteiger partial charge < -0.3 is 15.5 Å². The minimum atomic E-state index is -0.605. The predicted octanol–water partition coefficient (Wildman–Crippen LogP) is 3.43. The van der Waals surface area contributed by atoms with Crippen LogP contribution in [0.3, 0.4) is 0 Å². The van der Waals surface area contributed by atoms with Crippen molar-refractivity contribution in [3.8, 4) is 11.3 Å². The van der Waals surface area contributed by atoms with Crippen LogP contribution in [0.2, 0.25) is 0 Å². The molecule has 0 radical (unpaired) electrons. The largest absolute Gasteiger partial charge is 0.312 e. The number of hydrogen-bond donors (Lipinski definition) is 2. The summed E-state index contributed by atoms with van der Waals surface area (Å²) in [5.74, 6) is -0.951. The maximum absolute atomic E-state index is 14.7. The number of aromatic nitrogens is 3. The Bertz CT molecular complexity index is 1270. The Kier molecular flexibility index (Phi) is 6.09. The summed E-state index contributed by atoms with van der Waals surface area (Å²) in [4.78, 5) is 39.0. The Morgan fingerprint density at radius 3 is 2.76 bits per heavy atom. The highest BCUT2D eigenvalue weighted by Crippen LogP contribution is 2.35. The zero-order valence-corrected chi connectivity index (χ0v) is 18.9. The second-order valence-electron chi connectivity index (χ2n) is 8.07. The van der Waals surface area contributed by atoms with Gasteiger partial charge in [0.2, 0.25) is 5.95 Å². The van der Waals surface area contributed by atoms with Crippen LogP contribution >= 0.6 is 12.4 Å². The predicted molar refractivity (Wildman–Crippen MR) is 125 cm³/mol. The van der Waals surface area contributed by atoms with E-state index in [0.29, 0.717) is 22.6 Å². The second-order valence-corrected chi connectivity index (χ2v) is 8.07. The Morgan fingerprint density at radius 1 is 1.15 bits per heavy atom. The molecule has 0 aliphatic carbocycles. The molecule has 8 nitrogen and oxygen atoms in total. The minimum absolute atomic E-state index is 0. The number of carbonyl (C=O) groups is 2. The topological polar surface area (TPSA) is 100 Å². The molecule has 0 unspecified atom stereocenters. The van der Waals surface area contributed by atoms with Crippen LogP contribution in [0.1, 0.15) is 35.5 Å². The molecular weight excluding hydrogens is 447 g/mol. The second kappa shape index (κ2) is 8.84. The van der Waals surface area contributed by atoms with E-state index < -0.39 is 17.5 Å². The molecule has 10 heteroatoms. The molecule has 4 heterocycles. The van der Waals surface area contributed by atoms with Crippen LogP contribution in [-0.2, 0) is 17.8 Å². The number of rotatable bonds is 4. The van der Waals surface area contributed by atoms with Crippen LogP contribution in [0, 0.1) is 5.82 Å². The molecule has 170 valence electrons. The highest BCUT2D eigenvalue weighted by molar-refractivity contribution is 6.52. The summed E-state index contributed by atoms with van der Waals surface area (Å²) in [6, 6.07) is 8.38. The number of fused-ring (bicyclic) bond motifs is 2. The third kappa shape index (κ3) is 4.05. The SMILES string of the molecule is CC(C)N1C(=O)C(=O)c2ccc(-c3nc(Nc4ccc5c(n4)CCNC5)ncc3F)cc21.Cl. The van der Waals surface area contributed by atoms with Crippen LogP contribution in [0.4, 0.5) is 21.8 Å². The Balaban J connectivity index is 0.00000259. The average Bonchev–Trinajstić information content (AvgIpc) is 3.04. The third-order valence-corrected chi connectivity index (χ3v) is 5.61. The number of halogens is 2. The molecule has 1 aromatic carbocycles. The molecule has 0 saturated heterocycles. The molecule has 0 bridgehead atoms. The van der Waals surface area contributed by atoms with Gasteiger partial charge in [0, 0.05) is 36.8 Å². The molecular formula is C23H22ClFN6O2. The lowest BCUT2D eigenvalue weighted by Gasteiger charge is -2.21. The van der Waals surface area contributed by atoms with Crippen molar-refractivity contribution in [2.45, 2.75) is 32.9 Å². The Labute approximate surface area is 196 Å². The van der Waals surface area contributed by atoms with Gasteiger partial charge in [-0.15, -0.1) is 12.4 Å². The van der Waals surface area contributed by atoms with Crippen molar-refractivity contribution in [2.24, 2.45) is 0 Å². The molecule has 0 saturated carbocycles. The number of benzene rings is 1. The number of hydrogen-bond acceptors (Lipinski definition) is 7. The summed E-state index contributed by atoms with van der Waals surface area (Å²) in [6.07, 6.45) is 1.93. The van der Waals surface area contributed by atoms with Crippen molar-refractivity contribution in [1.29, 1.82) is 0 Å². The smallest absolute Gasteiger partial charge is 0.299 e. The standard InChI is InChI=1S/C23H21FN6O2.ClH/c1-12(2)30-18-9-13(3-5-15(18)21(31)22(30)32)20-16(24)11-26-23(29-20)28-19-6-4-14-10-25-8-7-17(14)27-19;/h3-6,9,11-12,25H,7-8,10H2,1-2H3,(H,26,27,28,29);1H. The highest BCUT2D eigenvalue weighted by atomic mass is 35.5. The maximum atomic E-state index is 14.7. The van der Waals surface area contributed by atoms with E-state index >= 15 is 0 Å². The van der Waals surface area contributed by atoms with E-state index in [0.717, 1.165) is 37.0 Å². The summed E-state index contributed by atoms with van der Waals surface area (Å²) in [5, 5.41) is 6.35. The molecule has 0 atom stereocenters. The number of anilines is 3. The summed E-state index contributed by atoms with van der Waals surface area (Å²) in [6.45, 7) is 5.30. The molecule has 33 heavy (non-hydrogen) atoms. The van der Waals surface area contributed by atoms with Crippen molar-refractivity contribution < 1.29 is 14.0 Å². The molecule has 2 N–H and O–H groups in total. The van der Waals surface area contributed by atoms with Crippen LogP contribution in [-0.4, -0.2) is 39.2 Å². The number of carbonyl (C=O) groups excluding carboxylic acids is 2. The highest BCUT2D eigenvalue weighted by Gasteiger charge is 2.37. The molecule has 0 fully saturated rings. The van der Waals surface area contributed by atoms with Gasteiger partial charge in [0.05, 0.1) is 17.4 Å². The van der Waals surface area contributed by atoms with Crippen molar-refractivity contribution in [3.63, 3.8) is 0 Å². The molecule has 5 rings (SSSR count). The van der Waals surface area contributed by atoms with Gasteiger partial charge in [-0.2, -0.15) is 0 Å². The van der Waals surface area contributed by atoms with Gasteiger partial charge in [0.15, 0.2) is 5.82 Å². The van der Waals surface area contributed by atoms with Gasteiger partial charge in [-0.3, -0.25) is 9.59 Å². The quantitative estimate of drug-likeness (QED) is 0.566. The van der Waals surface area contributed by atoms with E-state index in [1.54, 1.807) is 18.2 Å². The fraction of sp³-hybridized carbons (Fsp3) is 0.261. The van der Waals surface area contributed by atoms with Crippen molar-refractivity contribution in [3.05, 3.63) is 59.2 Å². The van der Waals surface area contributed by atoms with Crippen LogP contribution in [0.5, 0.6) is 0 Å². The van der Waals surface area contributed by atoms with E-state index in [2.05, 4.69) is 25.6 Å². The Hall–Kier alpha value is -3.43. The number of nitrogens with zero attached hydrogens (tertiary/aromatic N) is 4. The van der Waals surface area contributed by atoms with E-state index in [1.165, 1.54) is 4.90 Å². The van der Waals surface area contributed by atoms with Crippen LogP contribution < -0.4 is 15.5 Å². The van der Waals surface area contributed by atoms with Gasteiger partial charge in [-0.1, -0.05) is 12.1 Å². The fourth-order valence-corrected chi connectivity index (χ4v) is 4.07. The molecule has 2 aliphatic heterocycles. The van der Waals surface area contributed by atoms with Crippen molar-refractivity contribution in [1.82, 2.24) is 20.3 Å². The third-order valence-electron chi connectivity index (χ3n) is 5.61. The summed E-state index contributed by atoms with van der Waals surface area (Å²) in [7, 11) is 0. The molecule has 2 aliphatic rings. The number of ketones is 1. The van der Waals surface area contributed by atoms with E-state index in [1.807, 2.05) is 26.0 Å². The monoisotopic (exact) mass is 468 g/mol. The lowest BCUT2D eigenvalue weighted by Crippen LogP contribution is -2.35. The van der Waals surface area contributed by atoms with Crippen LogP contribution in [0.15, 0.2) is 36.5 Å². The number of amides is 1. The van der Waals surface area contributed by atoms with Crippen LogP contribution in [0.25, 0.3) is 11.3 Å².